The SMILES string of the molecule is Nc1cc(Br)c(F)c(S(=O)(=O)Nc2ccc(Cl)cc2F)c1. The van der Waals surface area contributed by atoms with E-state index in [1.165, 1.54) is 12.1 Å². The van der Waals surface area contributed by atoms with Crippen LogP contribution in [-0.2, 0) is 10.0 Å². The Labute approximate surface area is 133 Å². The lowest BCUT2D eigenvalue weighted by molar-refractivity contribution is 0.566. The fraction of sp³-hybridized carbons (Fsp3) is 0. The van der Waals surface area contributed by atoms with Crippen molar-refractivity contribution in [1.29, 1.82) is 0 Å². The average molecular weight is 398 g/mol. The van der Waals surface area contributed by atoms with Crippen molar-refractivity contribution in [3.63, 3.8) is 0 Å². The molecular weight excluding hydrogens is 390 g/mol. The third-order valence-electron chi connectivity index (χ3n) is 2.48. The lowest BCUT2D eigenvalue weighted by Crippen LogP contribution is -2.16. The molecule has 0 aliphatic heterocycles. The van der Waals surface area contributed by atoms with Crippen molar-refractivity contribution >= 4 is 48.9 Å². The molecule has 4 nitrogen and oxygen atoms in total. The maximum Gasteiger partial charge on any atom is 0.265 e. The zero-order valence-electron chi connectivity index (χ0n) is 10.2. The maximum absolute atomic E-state index is 13.9. The normalized spacial score (nSPS) is 11.4. The summed E-state index contributed by atoms with van der Waals surface area (Å²) in [5.41, 5.74) is 5.18. The summed E-state index contributed by atoms with van der Waals surface area (Å²) in [6.45, 7) is 0. The number of sulfonamides is 1. The van der Waals surface area contributed by atoms with Crippen molar-refractivity contribution in [3.05, 3.63) is 51.5 Å². The Morgan fingerprint density at radius 3 is 2.48 bits per heavy atom. The summed E-state index contributed by atoms with van der Waals surface area (Å²) in [6.07, 6.45) is 0. The molecule has 0 radical (unpaired) electrons. The van der Waals surface area contributed by atoms with E-state index in [4.69, 9.17) is 17.3 Å². The summed E-state index contributed by atoms with van der Waals surface area (Å²) >= 11 is 8.43. The third-order valence-corrected chi connectivity index (χ3v) is 4.66. The molecule has 0 saturated heterocycles. The molecule has 0 unspecified atom stereocenters. The fourth-order valence-corrected chi connectivity index (χ4v) is 3.52. The average Bonchev–Trinajstić information content (AvgIpc) is 2.37. The Morgan fingerprint density at radius 2 is 1.86 bits per heavy atom. The van der Waals surface area contributed by atoms with E-state index in [1.54, 1.807) is 0 Å². The van der Waals surface area contributed by atoms with Crippen LogP contribution in [0, 0.1) is 11.6 Å². The van der Waals surface area contributed by atoms with Gasteiger partial charge in [-0.1, -0.05) is 11.6 Å². The van der Waals surface area contributed by atoms with Gasteiger partial charge in [-0.15, -0.1) is 0 Å². The minimum Gasteiger partial charge on any atom is -0.399 e. The van der Waals surface area contributed by atoms with E-state index in [0.29, 0.717) is 0 Å². The van der Waals surface area contributed by atoms with Crippen LogP contribution in [-0.4, -0.2) is 8.42 Å². The number of anilines is 2. The third kappa shape index (κ3) is 3.45. The number of nitrogen functional groups attached to an aromatic ring is 1. The van der Waals surface area contributed by atoms with Gasteiger partial charge >= 0.3 is 0 Å². The molecule has 0 heterocycles. The minimum atomic E-state index is -4.34. The molecule has 21 heavy (non-hydrogen) atoms. The molecule has 2 aromatic rings. The lowest BCUT2D eigenvalue weighted by Gasteiger charge is -2.11. The smallest absolute Gasteiger partial charge is 0.265 e. The topological polar surface area (TPSA) is 72.2 Å². The first-order chi connectivity index (χ1) is 9.70. The van der Waals surface area contributed by atoms with Crippen LogP contribution in [0.4, 0.5) is 20.2 Å². The van der Waals surface area contributed by atoms with E-state index >= 15 is 0 Å². The van der Waals surface area contributed by atoms with Crippen molar-refractivity contribution in [2.45, 2.75) is 4.90 Å². The molecule has 0 spiro atoms. The van der Waals surface area contributed by atoms with Gasteiger partial charge in [-0.25, -0.2) is 17.2 Å². The molecule has 0 aliphatic carbocycles. The predicted octanol–water partition coefficient (Wildman–Crippen LogP) is 3.76. The first-order valence-corrected chi connectivity index (χ1v) is 8.08. The van der Waals surface area contributed by atoms with Gasteiger partial charge in [-0.2, -0.15) is 0 Å². The number of nitrogens with two attached hydrogens (primary N) is 1. The van der Waals surface area contributed by atoms with Crippen LogP contribution in [0.5, 0.6) is 0 Å². The summed E-state index contributed by atoms with van der Waals surface area (Å²) in [4.78, 5) is -0.691. The summed E-state index contributed by atoms with van der Waals surface area (Å²) in [6, 6.07) is 5.53. The minimum absolute atomic E-state index is 0.0419. The van der Waals surface area contributed by atoms with E-state index < -0.39 is 26.6 Å². The highest BCUT2D eigenvalue weighted by Gasteiger charge is 2.23. The van der Waals surface area contributed by atoms with Gasteiger partial charge < -0.3 is 5.73 Å². The van der Waals surface area contributed by atoms with E-state index in [2.05, 4.69) is 15.9 Å². The molecule has 0 aromatic heterocycles. The molecule has 112 valence electrons. The van der Waals surface area contributed by atoms with Gasteiger partial charge in [-0.05, 0) is 46.3 Å². The second-order valence-electron chi connectivity index (χ2n) is 4.04. The summed E-state index contributed by atoms with van der Waals surface area (Å²) in [7, 11) is -4.34. The van der Waals surface area contributed by atoms with Crippen LogP contribution < -0.4 is 10.5 Å². The molecular formula is C12H8BrClF2N2O2S. The van der Waals surface area contributed by atoms with Crippen molar-refractivity contribution in [1.82, 2.24) is 0 Å². The Kier molecular flexibility index (Phi) is 4.40. The highest BCUT2D eigenvalue weighted by Crippen LogP contribution is 2.28. The van der Waals surface area contributed by atoms with Crippen molar-refractivity contribution in [2.75, 3.05) is 10.5 Å². The van der Waals surface area contributed by atoms with E-state index in [0.717, 1.165) is 18.2 Å². The maximum atomic E-state index is 13.9. The Morgan fingerprint density at radius 1 is 1.19 bits per heavy atom. The van der Waals surface area contributed by atoms with Crippen LogP contribution in [0.15, 0.2) is 39.7 Å². The molecule has 0 amide bonds. The molecule has 0 saturated carbocycles. The van der Waals surface area contributed by atoms with Gasteiger partial charge in [0.25, 0.3) is 10.0 Å². The molecule has 0 fully saturated rings. The zero-order chi connectivity index (χ0) is 15.8. The highest BCUT2D eigenvalue weighted by atomic mass is 79.9. The van der Waals surface area contributed by atoms with Crippen LogP contribution in [0.25, 0.3) is 0 Å². The number of benzene rings is 2. The predicted molar refractivity (Wildman–Crippen MR) is 80.7 cm³/mol. The first-order valence-electron chi connectivity index (χ1n) is 5.43. The Bertz CT molecular complexity index is 815. The largest absolute Gasteiger partial charge is 0.399 e. The number of rotatable bonds is 3. The van der Waals surface area contributed by atoms with Gasteiger partial charge in [-0.3, -0.25) is 4.72 Å². The molecule has 0 bridgehead atoms. The molecule has 2 aromatic carbocycles. The number of hydrogen-bond acceptors (Lipinski definition) is 3. The van der Waals surface area contributed by atoms with Gasteiger partial charge in [0.15, 0.2) is 5.82 Å². The van der Waals surface area contributed by atoms with Gasteiger partial charge in [0.1, 0.15) is 10.7 Å². The van der Waals surface area contributed by atoms with Gasteiger partial charge in [0.2, 0.25) is 0 Å². The van der Waals surface area contributed by atoms with E-state index in [9.17, 15) is 17.2 Å². The van der Waals surface area contributed by atoms with Crippen molar-refractivity contribution in [3.8, 4) is 0 Å². The Hall–Kier alpha value is -1.38. The number of halogens is 4. The quantitative estimate of drug-likeness (QED) is 0.775. The fourth-order valence-electron chi connectivity index (χ4n) is 1.55. The van der Waals surface area contributed by atoms with Crippen LogP contribution in [0.1, 0.15) is 0 Å². The molecule has 0 atom stereocenters. The van der Waals surface area contributed by atoms with Crippen LogP contribution in [0.3, 0.4) is 0 Å². The van der Waals surface area contributed by atoms with E-state index in [-0.39, 0.29) is 20.9 Å². The second-order valence-corrected chi connectivity index (χ2v) is 6.99. The van der Waals surface area contributed by atoms with Crippen LogP contribution in [0.2, 0.25) is 5.02 Å². The van der Waals surface area contributed by atoms with Crippen molar-refractivity contribution < 1.29 is 17.2 Å². The first kappa shape index (κ1) is 16.0. The summed E-state index contributed by atoms with van der Waals surface area (Å²) in [5.74, 6) is -1.90. The summed E-state index contributed by atoms with van der Waals surface area (Å²) < 4.78 is 53.6. The summed E-state index contributed by atoms with van der Waals surface area (Å²) in [5, 5.41) is 0.105. The second kappa shape index (κ2) is 5.78. The molecule has 3 N–H and O–H groups in total. The van der Waals surface area contributed by atoms with E-state index in [1.807, 2.05) is 4.72 Å². The zero-order valence-corrected chi connectivity index (χ0v) is 13.4. The standard InChI is InChI=1S/C12H8BrClF2N2O2S/c13-8-4-7(17)5-11(12(8)16)21(19,20)18-10-2-1-6(14)3-9(10)15/h1-5,18H,17H2. The van der Waals surface area contributed by atoms with Crippen molar-refractivity contribution in [2.24, 2.45) is 0 Å². The number of nitrogens with one attached hydrogen (secondary N) is 1. The molecule has 0 aliphatic rings. The molecule has 2 rings (SSSR count). The monoisotopic (exact) mass is 396 g/mol. The number of hydrogen-bond donors (Lipinski definition) is 2. The highest BCUT2D eigenvalue weighted by molar-refractivity contribution is 9.10. The van der Waals surface area contributed by atoms with Gasteiger partial charge in [0, 0.05) is 10.7 Å². The lowest BCUT2D eigenvalue weighted by atomic mass is 10.3. The Balaban J connectivity index is 2.48. The van der Waals surface area contributed by atoms with Gasteiger partial charge in [0.05, 0.1) is 10.2 Å². The van der Waals surface area contributed by atoms with Crippen LogP contribution >= 0.6 is 27.5 Å². The molecule has 9 heteroatoms.